The smallest absolute Gasteiger partial charge is 0.242 e. The van der Waals surface area contributed by atoms with Crippen molar-refractivity contribution in [1.29, 1.82) is 0 Å². The summed E-state index contributed by atoms with van der Waals surface area (Å²) in [6, 6.07) is 0.0173. The Balaban J connectivity index is 1.73. The molecule has 1 unspecified atom stereocenters. The van der Waals surface area contributed by atoms with Crippen LogP contribution < -0.4 is 10.6 Å². The van der Waals surface area contributed by atoms with Gasteiger partial charge in [0.2, 0.25) is 11.8 Å². The van der Waals surface area contributed by atoms with Crippen molar-refractivity contribution in [3.05, 3.63) is 0 Å². The first-order chi connectivity index (χ1) is 9.70. The van der Waals surface area contributed by atoms with Crippen molar-refractivity contribution < 1.29 is 14.3 Å². The molecule has 2 saturated heterocycles. The quantitative estimate of drug-likeness (QED) is 0.755. The van der Waals surface area contributed by atoms with E-state index >= 15 is 0 Å². The largest absolute Gasteiger partial charge is 0.378 e. The molecule has 0 saturated carbocycles. The van der Waals surface area contributed by atoms with Crippen molar-refractivity contribution in [2.75, 3.05) is 32.8 Å². The first-order valence-corrected chi connectivity index (χ1v) is 7.60. The average molecular weight is 283 g/mol. The predicted octanol–water partition coefficient (Wildman–Crippen LogP) is -0.118. The molecule has 2 aliphatic heterocycles. The number of carbonyl (C=O) groups is 2. The summed E-state index contributed by atoms with van der Waals surface area (Å²) in [4.78, 5) is 25.7. The number of carbonyl (C=O) groups excluding carboxylic acids is 2. The molecule has 114 valence electrons. The Hall–Kier alpha value is -1.14. The molecular weight excluding hydrogens is 258 g/mol. The topological polar surface area (TPSA) is 70.7 Å². The molecule has 2 heterocycles. The van der Waals surface area contributed by atoms with Crippen molar-refractivity contribution in [3.63, 3.8) is 0 Å². The second-order valence-electron chi connectivity index (χ2n) is 5.50. The normalized spacial score (nSPS) is 24.4. The lowest BCUT2D eigenvalue weighted by Gasteiger charge is -2.35. The van der Waals surface area contributed by atoms with E-state index in [-0.39, 0.29) is 23.9 Å². The molecule has 2 aliphatic rings. The van der Waals surface area contributed by atoms with Gasteiger partial charge in [-0.15, -0.1) is 0 Å². The highest BCUT2D eigenvalue weighted by atomic mass is 16.5. The van der Waals surface area contributed by atoms with Gasteiger partial charge in [-0.1, -0.05) is 6.92 Å². The van der Waals surface area contributed by atoms with E-state index in [4.69, 9.17) is 4.74 Å². The Kier molecular flexibility index (Phi) is 5.79. The maximum absolute atomic E-state index is 12.3. The van der Waals surface area contributed by atoms with Gasteiger partial charge in [0.25, 0.3) is 0 Å². The summed E-state index contributed by atoms with van der Waals surface area (Å²) < 4.78 is 5.33. The molecule has 6 nitrogen and oxygen atoms in total. The lowest BCUT2D eigenvalue weighted by Crippen LogP contribution is -2.55. The Morgan fingerprint density at radius 2 is 2.10 bits per heavy atom. The third kappa shape index (κ3) is 4.18. The molecule has 0 aromatic heterocycles. The summed E-state index contributed by atoms with van der Waals surface area (Å²) in [6.45, 7) is 5.31. The van der Waals surface area contributed by atoms with Gasteiger partial charge >= 0.3 is 0 Å². The third-order valence-electron chi connectivity index (χ3n) is 3.87. The summed E-state index contributed by atoms with van der Waals surface area (Å²) in [5.41, 5.74) is 0. The molecule has 0 aromatic carbocycles. The van der Waals surface area contributed by atoms with E-state index in [9.17, 15) is 9.59 Å². The van der Waals surface area contributed by atoms with Crippen LogP contribution in [0.2, 0.25) is 0 Å². The van der Waals surface area contributed by atoms with E-state index < -0.39 is 0 Å². The maximum atomic E-state index is 12.3. The number of hydrogen-bond donors (Lipinski definition) is 2. The van der Waals surface area contributed by atoms with Gasteiger partial charge in [0, 0.05) is 32.1 Å². The fraction of sp³-hybridized carbons (Fsp3) is 0.857. The minimum absolute atomic E-state index is 0.125. The molecule has 0 aromatic rings. The highest BCUT2D eigenvalue weighted by Crippen LogP contribution is 2.12. The summed E-state index contributed by atoms with van der Waals surface area (Å²) in [7, 11) is 0. The SMILES string of the molecule is CCCC(=O)NC1CCN(C(=O)C2COCCN2)CC1. The van der Waals surface area contributed by atoms with Crippen LogP contribution in [-0.2, 0) is 14.3 Å². The maximum Gasteiger partial charge on any atom is 0.242 e. The predicted molar refractivity (Wildman–Crippen MR) is 75.3 cm³/mol. The number of morpholine rings is 1. The summed E-state index contributed by atoms with van der Waals surface area (Å²) in [5, 5.41) is 6.23. The minimum Gasteiger partial charge on any atom is -0.378 e. The number of rotatable bonds is 4. The molecule has 0 bridgehead atoms. The lowest BCUT2D eigenvalue weighted by atomic mass is 10.0. The van der Waals surface area contributed by atoms with Crippen LogP contribution in [0.25, 0.3) is 0 Å². The van der Waals surface area contributed by atoms with Crippen LogP contribution in [0.1, 0.15) is 32.6 Å². The van der Waals surface area contributed by atoms with Crippen molar-refractivity contribution in [3.8, 4) is 0 Å². The average Bonchev–Trinajstić information content (AvgIpc) is 2.48. The van der Waals surface area contributed by atoms with E-state index in [1.54, 1.807) is 0 Å². The van der Waals surface area contributed by atoms with Crippen LogP contribution in [0.15, 0.2) is 0 Å². The monoisotopic (exact) mass is 283 g/mol. The standard InChI is InChI=1S/C14H25N3O3/c1-2-3-13(18)16-11-4-7-17(8-5-11)14(19)12-10-20-9-6-15-12/h11-12,15H,2-10H2,1H3,(H,16,18). The van der Waals surface area contributed by atoms with E-state index in [0.717, 1.165) is 25.8 Å². The zero-order chi connectivity index (χ0) is 14.4. The number of amides is 2. The Labute approximate surface area is 120 Å². The lowest BCUT2D eigenvalue weighted by molar-refractivity contribution is -0.137. The van der Waals surface area contributed by atoms with E-state index in [1.807, 2.05) is 11.8 Å². The molecule has 2 N–H and O–H groups in total. The molecule has 1 atom stereocenters. The van der Waals surface area contributed by atoms with Gasteiger partial charge in [0.1, 0.15) is 6.04 Å². The van der Waals surface area contributed by atoms with E-state index in [2.05, 4.69) is 10.6 Å². The fourth-order valence-electron chi connectivity index (χ4n) is 2.72. The van der Waals surface area contributed by atoms with E-state index in [0.29, 0.717) is 32.7 Å². The first-order valence-electron chi connectivity index (χ1n) is 7.60. The highest BCUT2D eigenvalue weighted by molar-refractivity contribution is 5.82. The summed E-state index contributed by atoms with van der Waals surface area (Å²) >= 11 is 0. The van der Waals surface area contributed by atoms with Crippen LogP contribution >= 0.6 is 0 Å². The summed E-state index contributed by atoms with van der Waals surface area (Å²) in [5.74, 6) is 0.252. The van der Waals surface area contributed by atoms with Gasteiger partial charge in [0.15, 0.2) is 0 Å². The zero-order valence-corrected chi connectivity index (χ0v) is 12.2. The molecular formula is C14H25N3O3. The van der Waals surface area contributed by atoms with Crippen LogP contribution in [0, 0.1) is 0 Å². The number of likely N-dealkylation sites (tertiary alicyclic amines) is 1. The van der Waals surface area contributed by atoms with Crippen LogP contribution in [0.3, 0.4) is 0 Å². The Bertz CT molecular complexity index is 335. The second-order valence-corrected chi connectivity index (χ2v) is 5.50. The highest BCUT2D eigenvalue weighted by Gasteiger charge is 2.29. The number of nitrogens with zero attached hydrogens (tertiary/aromatic N) is 1. The molecule has 0 aliphatic carbocycles. The Morgan fingerprint density at radius 1 is 1.35 bits per heavy atom. The first kappa shape index (κ1) is 15.3. The fourth-order valence-corrected chi connectivity index (χ4v) is 2.72. The third-order valence-corrected chi connectivity index (χ3v) is 3.87. The molecule has 6 heteroatoms. The molecule has 2 fully saturated rings. The van der Waals surface area contributed by atoms with Gasteiger partial charge in [-0.3, -0.25) is 9.59 Å². The Morgan fingerprint density at radius 3 is 2.70 bits per heavy atom. The van der Waals surface area contributed by atoms with Crippen LogP contribution in [-0.4, -0.2) is 61.6 Å². The van der Waals surface area contributed by atoms with Crippen molar-refractivity contribution in [2.24, 2.45) is 0 Å². The van der Waals surface area contributed by atoms with Crippen LogP contribution in [0.5, 0.6) is 0 Å². The number of ether oxygens (including phenoxy) is 1. The van der Waals surface area contributed by atoms with E-state index in [1.165, 1.54) is 0 Å². The van der Waals surface area contributed by atoms with Crippen molar-refractivity contribution in [2.45, 2.75) is 44.7 Å². The van der Waals surface area contributed by atoms with Crippen LogP contribution in [0.4, 0.5) is 0 Å². The molecule has 20 heavy (non-hydrogen) atoms. The number of piperidine rings is 1. The van der Waals surface area contributed by atoms with Gasteiger partial charge in [0.05, 0.1) is 13.2 Å². The number of hydrogen-bond acceptors (Lipinski definition) is 4. The minimum atomic E-state index is -0.199. The van der Waals surface area contributed by atoms with Crippen molar-refractivity contribution >= 4 is 11.8 Å². The zero-order valence-electron chi connectivity index (χ0n) is 12.2. The molecule has 2 rings (SSSR count). The van der Waals surface area contributed by atoms with Gasteiger partial charge < -0.3 is 20.3 Å². The number of nitrogens with one attached hydrogen (secondary N) is 2. The second kappa shape index (κ2) is 7.59. The molecule has 2 amide bonds. The summed E-state index contributed by atoms with van der Waals surface area (Å²) in [6.07, 6.45) is 3.14. The molecule has 0 spiro atoms. The van der Waals surface area contributed by atoms with Gasteiger partial charge in [-0.05, 0) is 19.3 Å². The van der Waals surface area contributed by atoms with Gasteiger partial charge in [-0.25, -0.2) is 0 Å². The van der Waals surface area contributed by atoms with Crippen molar-refractivity contribution in [1.82, 2.24) is 15.5 Å². The van der Waals surface area contributed by atoms with Gasteiger partial charge in [-0.2, -0.15) is 0 Å². The molecule has 0 radical (unpaired) electrons.